The van der Waals surface area contributed by atoms with Crippen LogP contribution in [0.2, 0.25) is 0 Å². The zero-order chi connectivity index (χ0) is 43.1. The molecule has 1 unspecified atom stereocenters. The third kappa shape index (κ3) is 8.30. The minimum Gasteiger partial charge on any atom is -0.452 e. The number of amides is 4. The predicted molar refractivity (Wildman–Crippen MR) is 231 cm³/mol. The molecule has 0 spiro atoms. The molecule has 8 rings (SSSR count). The Kier molecular flexibility index (Phi) is 12.2. The molecule has 62 heavy (non-hydrogen) atoms. The molecular formula is C48H40N6O7S. The number of hydrogen-bond donors (Lipinski definition) is 1. The topological polar surface area (TPSA) is 162 Å². The largest absolute Gasteiger partial charge is 0.452 e. The molecule has 4 atom stereocenters. The lowest BCUT2D eigenvalue weighted by Gasteiger charge is -2.41. The van der Waals surface area contributed by atoms with Gasteiger partial charge in [-0.05, 0) is 33.9 Å². The number of carbonyl (C=O) groups excluding carboxylic acids is 5. The van der Waals surface area contributed by atoms with Gasteiger partial charge in [0.1, 0.15) is 11.4 Å². The van der Waals surface area contributed by atoms with Gasteiger partial charge in [-0.1, -0.05) is 163 Å². The van der Waals surface area contributed by atoms with E-state index >= 15 is 0 Å². The smallest absolute Gasteiger partial charge is 0.345 e. The van der Waals surface area contributed by atoms with Crippen molar-refractivity contribution in [2.75, 3.05) is 19.6 Å². The molecule has 3 aliphatic heterocycles. The van der Waals surface area contributed by atoms with Crippen LogP contribution < -0.4 is 5.32 Å². The molecule has 3 fully saturated rings. The molecule has 3 heterocycles. The number of carbonyl (C=O) groups is 5. The summed E-state index contributed by atoms with van der Waals surface area (Å²) >= 11 is 1.03. The maximum Gasteiger partial charge on any atom is 0.345 e. The van der Waals surface area contributed by atoms with Crippen LogP contribution in [0.15, 0.2) is 169 Å². The SMILES string of the molecule is N#CC=CC=NN1CCN([C@]2(C(=O)OC(c3ccccc3)c3ccccc3)CN3C(=O)[C@@H](NC(=O)C(C(=O)OC(c4ccccc4)c4ccccc4)c4ccccc4)[C@H]3S2)C1=O. The van der Waals surface area contributed by atoms with Gasteiger partial charge in [0.05, 0.1) is 19.2 Å². The number of ether oxygens (including phenoxy) is 2. The summed E-state index contributed by atoms with van der Waals surface area (Å²) in [5.74, 6) is -4.32. The number of rotatable bonds is 14. The minimum atomic E-state index is -1.76. The summed E-state index contributed by atoms with van der Waals surface area (Å²) in [4.78, 5) is 72.8. The number of fused-ring (bicyclic) bond motifs is 1. The highest BCUT2D eigenvalue weighted by Gasteiger charge is 2.67. The van der Waals surface area contributed by atoms with Crippen molar-refractivity contribution in [2.45, 2.75) is 34.4 Å². The van der Waals surface area contributed by atoms with Gasteiger partial charge >= 0.3 is 18.0 Å². The molecule has 4 amide bonds. The van der Waals surface area contributed by atoms with Crippen LogP contribution in [-0.4, -0.2) is 86.7 Å². The van der Waals surface area contributed by atoms with E-state index in [1.54, 1.807) is 30.3 Å². The van der Waals surface area contributed by atoms with Gasteiger partial charge in [-0.2, -0.15) is 10.4 Å². The summed E-state index contributed by atoms with van der Waals surface area (Å²) in [7, 11) is 0. The molecule has 0 bridgehead atoms. The zero-order valence-corrected chi connectivity index (χ0v) is 34.0. The maximum absolute atomic E-state index is 14.9. The summed E-state index contributed by atoms with van der Waals surface area (Å²) in [5, 5.41) is 16.3. The van der Waals surface area contributed by atoms with E-state index in [0.717, 1.165) is 11.8 Å². The van der Waals surface area contributed by atoms with E-state index in [2.05, 4.69) is 10.4 Å². The van der Waals surface area contributed by atoms with Crippen LogP contribution in [0.3, 0.4) is 0 Å². The Balaban J connectivity index is 1.08. The van der Waals surface area contributed by atoms with Gasteiger partial charge in [0.25, 0.3) is 0 Å². The lowest BCUT2D eigenvalue weighted by molar-refractivity contribution is -0.159. The van der Waals surface area contributed by atoms with Crippen molar-refractivity contribution < 1.29 is 33.4 Å². The number of esters is 2. The number of nitrogens with zero attached hydrogens (tertiary/aromatic N) is 5. The summed E-state index contributed by atoms with van der Waals surface area (Å²) in [6.45, 7) is -0.0712. The number of nitrogens with one attached hydrogen (secondary N) is 1. The molecule has 3 saturated heterocycles. The van der Waals surface area contributed by atoms with E-state index in [1.165, 1.54) is 33.2 Å². The first-order valence-electron chi connectivity index (χ1n) is 19.9. The first-order chi connectivity index (χ1) is 30.3. The number of nitriles is 1. The zero-order valence-electron chi connectivity index (χ0n) is 33.2. The van der Waals surface area contributed by atoms with E-state index in [0.29, 0.717) is 27.8 Å². The van der Waals surface area contributed by atoms with E-state index in [4.69, 9.17) is 14.7 Å². The molecule has 14 heteroatoms. The van der Waals surface area contributed by atoms with Crippen molar-refractivity contribution >= 4 is 47.8 Å². The van der Waals surface area contributed by atoms with Crippen molar-refractivity contribution in [2.24, 2.45) is 5.10 Å². The van der Waals surface area contributed by atoms with Gasteiger partial charge < -0.3 is 19.7 Å². The van der Waals surface area contributed by atoms with Crippen molar-refractivity contribution in [1.29, 1.82) is 5.26 Å². The summed E-state index contributed by atoms with van der Waals surface area (Å²) in [6, 6.07) is 45.3. The highest BCUT2D eigenvalue weighted by atomic mass is 32.2. The van der Waals surface area contributed by atoms with Gasteiger partial charge in [0, 0.05) is 18.8 Å². The molecule has 3 aliphatic rings. The number of β-lactam (4-membered cyclic amide) rings is 1. The van der Waals surface area contributed by atoms with Crippen molar-refractivity contribution in [3.05, 3.63) is 192 Å². The summed E-state index contributed by atoms with van der Waals surface area (Å²) < 4.78 is 12.6. The fourth-order valence-corrected chi connectivity index (χ4v) is 9.48. The Morgan fingerprint density at radius 2 is 1.21 bits per heavy atom. The fraction of sp³-hybridized carbons (Fsp3) is 0.188. The fourth-order valence-electron chi connectivity index (χ4n) is 7.80. The quantitative estimate of drug-likeness (QED) is 0.0443. The van der Waals surface area contributed by atoms with Crippen LogP contribution in [0, 0.1) is 11.3 Å². The van der Waals surface area contributed by atoms with Gasteiger partial charge in [0.15, 0.2) is 18.1 Å². The lowest BCUT2D eigenvalue weighted by Crippen LogP contribution is -2.68. The maximum atomic E-state index is 14.9. The van der Waals surface area contributed by atoms with Crippen LogP contribution in [-0.2, 0) is 28.7 Å². The predicted octanol–water partition coefficient (Wildman–Crippen LogP) is 6.34. The standard InChI is InChI=1S/C48H40N6O7S/c49-28-16-17-29-50-54-31-30-53(47(54)59)48(46(58)61-41(36-24-12-4-13-25-36)37-26-14-5-15-27-37)32-52-43(56)39(44(52)62-48)51-42(55)38(33-18-6-1-7-19-33)45(57)60-40(34-20-8-2-9-21-34)35-22-10-3-11-23-35/h1-27,29,38-41,44H,30-32H2,(H,51,55)/t38?,39-,44-,48-/m1/s1. The van der Waals surface area contributed by atoms with Crippen LogP contribution >= 0.6 is 11.8 Å². The van der Waals surface area contributed by atoms with Crippen molar-refractivity contribution in [1.82, 2.24) is 20.1 Å². The molecule has 5 aromatic carbocycles. The first kappa shape index (κ1) is 41.2. The summed E-state index contributed by atoms with van der Waals surface area (Å²) in [5.41, 5.74) is 3.15. The molecular weight excluding hydrogens is 805 g/mol. The van der Waals surface area contributed by atoms with E-state index < -0.39 is 64.2 Å². The Hall–Kier alpha value is -7.50. The second-order valence-corrected chi connectivity index (χ2v) is 16.0. The monoisotopic (exact) mass is 844 g/mol. The molecule has 0 aliphatic carbocycles. The van der Waals surface area contributed by atoms with Gasteiger partial charge in [-0.25, -0.2) is 14.6 Å². The first-order valence-corrected chi connectivity index (χ1v) is 20.8. The highest BCUT2D eigenvalue weighted by Crippen LogP contribution is 2.51. The molecule has 1 N–H and O–H groups in total. The second kappa shape index (κ2) is 18.4. The van der Waals surface area contributed by atoms with Gasteiger partial charge in [-0.15, -0.1) is 0 Å². The number of hydrazone groups is 1. The third-order valence-corrected chi connectivity index (χ3v) is 12.5. The molecule has 0 radical (unpaired) electrons. The van der Waals surface area contributed by atoms with Crippen molar-refractivity contribution in [3.8, 4) is 6.07 Å². The molecule has 0 aromatic heterocycles. The minimum absolute atomic E-state index is 0.0548. The normalized spacial score (nSPS) is 20.0. The Bertz CT molecular complexity index is 2450. The number of hydrogen-bond acceptors (Lipinski definition) is 10. The number of thioether (sulfide) groups is 1. The van der Waals surface area contributed by atoms with E-state index in [1.807, 2.05) is 127 Å². The molecule has 310 valence electrons. The highest BCUT2D eigenvalue weighted by molar-refractivity contribution is 8.02. The number of allylic oxidation sites excluding steroid dienone is 2. The average molecular weight is 845 g/mol. The molecule has 13 nitrogen and oxygen atoms in total. The van der Waals surface area contributed by atoms with Crippen LogP contribution in [0.25, 0.3) is 0 Å². The molecule has 0 saturated carbocycles. The van der Waals surface area contributed by atoms with Gasteiger partial charge in [0.2, 0.25) is 16.7 Å². The Morgan fingerprint density at radius 1 is 0.726 bits per heavy atom. The van der Waals surface area contributed by atoms with Crippen LogP contribution in [0.4, 0.5) is 4.79 Å². The van der Waals surface area contributed by atoms with Gasteiger partial charge in [-0.3, -0.25) is 19.3 Å². The second-order valence-electron chi connectivity index (χ2n) is 14.6. The van der Waals surface area contributed by atoms with Crippen LogP contribution in [0.5, 0.6) is 0 Å². The average Bonchev–Trinajstić information content (AvgIpc) is 3.88. The lowest BCUT2D eigenvalue weighted by atomic mass is 9.96. The Labute approximate surface area is 362 Å². The summed E-state index contributed by atoms with van der Waals surface area (Å²) in [6.07, 6.45) is 2.20. The number of benzene rings is 5. The van der Waals surface area contributed by atoms with E-state index in [9.17, 15) is 24.0 Å². The van der Waals surface area contributed by atoms with Crippen molar-refractivity contribution in [3.63, 3.8) is 0 Å². The third-order valence-electron chi connectivity index (χ3n) is 10.8. The van der Waals surface area contributed by atoms with Crippen LogP contribution in [0.1, 0.15) is 45.9 Å². The Morgan fingerprint density at radius 3 is 1.71 bits per heavy atom. The van der Waals surface area contributed by atoms with E-state index in [-0.39, 0.29) is 19.6 Å². The molecule has 5 aromatic rings. The number of urea groups is 1.